The van der Waals surface area contributed by atoms with Crippen molar-refractivity contribution in [1.29, 1.82) is 0 Å². The molecule has 0 aromatic heterocycles. The smallest absolute Gasteiger partial charge is 0.320 e. The molecule has 1 aromatic carbocycles. The molecule has 1 heterocycles. The van der Waals surface area contributed by atoms with Gasteiger partial charge in [0.15, 0.2) is 11.5 Å². The maximum Gasteiger partial charge on any atom is 0.320 e. The van der Waals surface area contributed by atoms with E-state index in [9.17, 15) is 9.90 Å². The largest absolute Gasteiger partial charge is 0.493 e. The number of likely N-dealkylation sites (N-methyl/N-ethyl adjacent to an activating group) is 1. The Balaban J connectivity index is 1.99. The summed E-state index contributed by atoms with van der Waals surface area (Å²) in [5.41, 5.74) is 1.05. The van der Waals surface area contributed by atoms with Crippen molar-refractivity contribution in [1.82, 2.24) is 9.80 Å². The first-order valence-electron chi connectivity index (χ1n) is 9.57. The zero-order chi connectivity index (χ0) is 18.9. The number of ether oxygens (including phenoxy) is 2. The number of carbonyl (C=O) groups is 1. The Labute approximate surface area is 156 Å². The van der Waals surface area contributed by atoms with Crippen LogP contribution in [0, 0.1) is 0 Å². The third kappa shape index (κ3) is 5.61. The minimum absolute atomic E-state index is 0.389. The number of piperidine rings is 1. The molecule has 0 amide bonds. The number of hydrogen-bond donors (Lipinski definition) is 1. The molecule has 6 nitrogen and oxygen atoms in total. The van der Waals surface area contributed by atoms with Gasteiger partial charge >= 0.3 is 5.97 Å². The van der Waals surface area contributed by atoms with Gasteiger partial charge in [-0.15, -0.1) is 0 Å². The maximum atomic E-state index is 11.5. The molecule has 1 atom stereocenters. The highest BCUT2D eigenvalue weighted by atomic mass is 16.5. The molecule has 1 N–H and O–H groups in total. The maximum absolute atomic E-state index is 11.5. The lowest BCUT2D eigenvalue weighted by atomic mass is 10.0. The molecule has 0 aliphatic carbocycles. The first-order chi connectivity index (χ1) is 12.6. The van der Waals surface area contributed by atoms with Crippen molar-refractivity contribution in [2.24, 2.45) is 0 Å². The first kappa shape index (κ1) is 20.5. The summed E-state index contributed by atoms with van der Waals surface area (Å²) >= 11 is 0. The normalized spacial score (nSPS) is 18.1. The van der Waals surface area contributed by atoms with Crippen molar-refractivity contribution < 1.29 is 19.4 Å². The Morgan fingerprint density at radius 1 is 1.27 bits per heavy atom. The zero-order valence-electron chi connectivity index (χ0n) is 16.2. The Kier molecular flexibility index (Phi) is 8.19. The van der Waals surface area contributed by atoms with Crippen LogP contribution in [0.4, 0.5) is 0 Å². The standard InChI is InChI=1S/C20H32N2O4/c1-4-21(5-2)12-13-26-18-10-9-16(14-19(18)25-3)15-22-11-7-6-8-17(22)20(23)24/h9-10,14,17H,4-8,11-13,15H2,1-3H3,(H,23,24). The second kappa shape index (κ2) is 10.4. The van der Waals surface area contributed by atoms with E-state index in [0.717, 1.165) is 56.8 Å². The van der Waals surface area contributed by atoms with Gasteiger partial charge in [0.2, 0.25) is 0 Å². The average Bonchev–Trinajstić information content (AvgIpc) is 2.66. The van der Waals surface area contributed by atoms with Crippen LogP contribution >= 0.6 is 0 Å². The number of benzene rings is 1. The van der Waals surface area contributed by atoms with Gasteiger partial charge in [0.25, 0.3) is 0 Å². The molecule has 1 saturated heterocycles. The lowest BCUT2D eigenvalue weighted by molar-refractivity contribution is -0.144. The van der Waals surface area contributed by atoms with Gasteiger partial charge in [0.1, 0.15) is 12.6 Å². The number of likely N-dealkylation sites (tertiary alicyclic amines) is 1. The topological polar surface area (TPSA) is 62.2 Å². The fourth-order valence-corrected chi connectivity index (χ4v) is 3.45. The summed E-state index contributed by atoms with van der Waals surface area (Å²) in [7, 11) is 1.64. The predicted octanol–water partition coefficient (Wildman–Crippen LogP) is 2.85. The number of aliphatic carboxylic acids is 1. The van der Waals surface area contributed by atoms with E-state index in [1.165, 1.54) is 0 Å². The monoisotopic (exact) mass is 364 g/mol. The van der Waals surface area contributed by atoms with Crippen LogP contribution in [0.3, 0.4) is 0 Å². The molecule has 6 heteroatoms. The number of carboxylic acids is 1. The Hall–Kier alpha value is -1.79. The molecule has 1 fully saturated rings. The molecule has 2 rings (SSSR count). The summed E-state index contributed by atoms with van der Waals surface area (Å²) < 4.78 is 11.4. The van der Waals surface area contributed by atoms with Crippen molar-refractivity contribution in [2.45, 2.75) is 45.7 Å². The van der Waals surface area contributed by atoms with Crippen molar-refractivity contribution >= 4 is 5.97 Å². The number of nitrogens with zero attached hydrogens (tertiary/aromatic N) is 2. The summed E-state index contributed by atoms with van der Waals surface area (Å²) in [5, 5.41) is 9.42. The first-order valence-corrected chi connectivity index (χ1v) is 9.57. The zero-order valence-corrected chi connectivity index (χ0v) is 16.2. The summed E-state index contributed by atoms with van der Waals surface area (Å²) in [5.74, 6) is 0.704. The van der Waals surface area contributed by atoms with Crippen LogP contribution in [0.25, 0.3) is 0 Å². The molecule has 0 spiro atoms. The third-order valence-corrected chi connectivity index (χ3v) is 5.07. The van der Waals surface area contributed by atoms with Crippen molar-refractivity contribution in [2.75, 3.05) is 39.9 Å². The fraction of sp³-hybridized carbons (Fsp3) is 0.650. The summed E-state index contributed by atoms with van der Waals surface area (Å²) in [4.78, 5) is 15.8. The molecule has 26 heavy (non-hydrogen) atoms. The number of hydrogen-bond acceptors (Lipinski definition) is 5. The molecule has 0 saturated carbocycles. The fourth-order valence-electron chi connectivity index (χ4n) is 3.45. The minimum Gasteiger partial charge on any atom is -0.493 e. The Morgan fingerprint density at radius 2 is 2.04 bits per heavy atom. The Morgan fingerprint density at radius 3 is 2.69 bits per heavy atom. The van der Waals surface area contributed by atoms with Gasteiger partial charge in [0, 0.05) is 13.1 Å². The number of carboxylic acid groups (broad SMARTS) is 1. The molecular formula is C20H32N2O4. The molecule has 0 bridgehead atoms. The summed E-state index contributed by atoms with van der Waals surface area (Å²) in [6.45, 7) is 9.24. The molecular weight excluding hydrogens is 332 g/mol. The van der Waals surface area contributed by atoms with Gasteiger partial charge in [-0.3, -0.25) is 9.69 Å². The molecule has 1 aliphatic rings. The lowest BCUT2D eigenvalue weighted by Gasteiger charge is -2.33. The summed E-state index contributed by atoms with van der Waals surface area (Å²) in [6, 6.07) is 5.50. The highest BCUT2D eigenvalue weighted by Gasteiger charge is 2.28. The lowest BCUT2D eigenvalue weighted by Crippen LogP contribution is -2.43. The van der Waals surface area contributed by atoms with Crippen LogP contribution < -0.4 is 9.47 Å². The van der Waals surface area contributed by atoms with Crippen LogP contribution in [-0.4, -0.2) is 66.8 Å². The van der Waals surface area contributed by atoms with E-state index in [1.54, 1.807) is 7.11 Å². The van der Waals surface area contributed by atoms with E-state index in [2.05, 4.69) is 18.7 Å². The third-order valence-electron chi connectivity index (χ3n) is 5.07. The Bertz CT molecular complexity index is 575. The molecule has 146 valence electrons. The van der Waals surface area contributed by atoms with Crippen molar-refractivity contribution in [3.8, 4) is 11.5 Å². The van der Waals surface area contributed by atoms with Gasteiger partial charge in [-0.05, 0) is 50.2 Å². The van der Waals surface area contributed by atoms with Crippen LogP contribution in [0.15, 0.2) is 18.2 Å². The highest BCUT2D eigenvalue weighted by molar-refractivity contribution is 5.73. The summed E-state index contributed by atoms with van der Waals surface area (Å²) in [6.07, 6.45) is 2.75. The molecule has 1 aliphatic heterocycles. The molecule has 0 radical (unpaired) electrons. The second-order valence-corrected chi connectivity index (χ2v) is 6.68. The van der Waals surface area contributed by atoms with Gasteiger partial charge in [0.05, 0.1) is 7.11 Å². The molecule has 1 unspecified atom stereocenters. The highest BCUT2D eigenvalue weighted by Crippen LogP contribution is 2.29. The van der Waals surface area contributed by atoms with Gasteiger partial charge in [-0.25, -0.2) is 0 Å². The van der Waals surface area contributed by atoms with Crippen molar-refractivity contribution in [3.63, 3.8) is 0 Å². The number of methoxy groups -OCH3 is 1. The molecule has 1 aromatic rings. The van der Waals surface area contributed by atoms with E-state index in [-0.39, 0.29) is 6.04 Å². The average molecular weight is 364 g/mol. The van der Waals surface area contributed by atoms with E-state index < -0.39 is 5.97 Å². The van der Waals surface area contributed by atoms with Crippen LogP contribution in [0.1, 0.15) is 38.7 Å². The van der Waals surface area contributed by atoms with E-state index in [0.29, 0.717) is 18.9 Å². The van der Waals surface area contributed by atoms with E-state index >= 15 is 0 Å². The van der Waals surface area contributed by atoms with E-state index in [1.807, 2.05) is 23.1 Å². The van der Waals surface area contributed by atoms with Crippen LogP contribution in [0.2, 0.25) is 0 Å². The van der Waals surface area contributed by atoms with Crippen molar-refractivity contribution in [3.05, 3.63) is 23.8 Å². The minimum atomic E-state index is -0.729. The second-order valence-electron chi connectivity index (χ2n) is 6.68. The quantitative estimate of drug-likeness (QED) is 0.689. The SMILES string of the molecule is CCN(CC)CCOc1ccc(CN2CCCCC2C(=O)O)cc1OC. The van der Waals surface area contributed by atoms with Gasteiger partial charge in [-0.1, -0.05) is 26.3 Å². The van der Waals surface area contributed by atoms with Gasteiger partial charge < -0.3 is 19.5 Å². The van der Waals surface area contributed by atoms with E-state index in [4.69, 9.17) is 9.47 Å². The number of rotatable bonds is 10. The van der Waals surface area contributed by atoms with Crippen LogP contribution in [-0.2, 0) is 11.3 Å². The predicted molar refractivity (Wildman–Crippen MR) is 102 cm³/mol. The van der Waals surface area contributed by atoms with Gasteiger partial charge in [-0.2, -0.15) is 0 Å². The van der Waals surface area contributed by atoms with Crippen LogP contribution in [0.5, 0.6) is 11.5 Å².